The number of hydrogen-bond acceptors (Lipinski definition) is 4. The average Bonchev–Trinajstić information content (AvgIpc) is 2.03. The molecule has 0 aliphatic carbocycles. The first-order valence-electron chi connectivity index (χ1n) is 3.97. The van der Waals surface area contributed by atoms with Crippen molar-refractivity contribution in [1.82, 2.24) is 0 Å². The molecule has 0 amide bonds. The number of carbonyl (C=O) groups excluding carboxylic acids is 1. The van der Waals surface area contributed by atoms with Crippen molar-refractivity contribution in [3.05, 3.63) is 0 Å². The van der Waals surface area contributed by atoms with Gasteiger partial charge in [0.05, 0.1) is 13.0 Å². The Morgan fingerprint density at radius 1 is 1.21 bits per heavy atom. The lowest BCUT2D eigenvalue weighted by atomic mass is 9.87. The average molecular weight is 204 g/mol. The van der Waals surface area contributed by atoms with Gasteiger partial charge in [-0.05, 0) is 13.8 Å². The molecule has 0 saturated carbocycles. The molecule has 0 rings (SSSR count). The van der Waals surface area contributed by atoms with Gasteiger partial charge >= 0.3 is 17.9 Å². The summed E-state index contributed by atoms with van der Waals surface area (Å²) in [6.07, 6.45) is -0.675. The van der Waals surface area contributed by atoms with Crippen molar-refractivity contribution in [3.63, 3.8) is 0 Å². The van der Waals surface area contributed by atoms with Gasteiger partial charge in [0.1, 0.15) is 0 Å². The van der Waals surface area contributed by atoms with E-state index < -0.39 is 29.7 Å². The van der Waals surface area contributed by atoms with Crippen molar-refractivity contribution in [2.24, 2.45) is 5.41 Å². The molecule has 0 aliphatic heterocycles. The van der Waals surface area contributed by atoms with Gasteiger partial charge in [-0.1, -0.05) is 0 Å². The first-order chi connectivity index (χ1) is 6.34. The maximum atomic E-state index is 10.9. The molecule has 0 atom stereocenters. The predicted octanol–water partition coefficient (Wildman–Crippen LogP) is 0.115. The molecular weight excluding hydrogens is 192 g/mol. The molecule has 0 aromatic rings. The molecule has 0 aromatic carbocycles. The molecule has 0 aliphatic rings. The minimum Gasteiger partial charge on any atom is -0.480 e. The minimum atomic E-state index is -2.12. The van der Waals surface area contributed by atoms with Gasteiger partial charge in [0.25, 0.3) is 0 Å². The van der Waals surface area contributed by atoms with Crippen LogP contribution in [0.5, 0.6) is 0 Å². The summed E-state index contributed by atoms with van der Waals surface area (Å²) in [6, 6.07) is 0. The third kappa shape index (κ3) is 2.72. The quantitative estimate of drug-likeness (QED) is 0.487. The lowest BCUT2D eigenvalue weighted by Gasteiger charge is -2.17. The van der Waals surface area contributed by atoms with Crippen molar-refractivity contribution in [2.45, 2.75) is 20.3 Å². The van der Waals surface area contributed by atoms with Gasteiger partial charge in [-0.15, -0.1) is 0 Å². The maximum Gasteiger partial charge on any atom is 0.321 e. The van der Waals surface area contributed by atoms with Crippen LogP contribution in [0, 0.1) is 5.41 Å². The van der Waals surface area contributed by atoms with Crippen LogP contribution in [0.15, 0.2) is 0 Å². The Labute approximate surface area is 80.5 Å². The molecule has 6 nitrogen and oxygen atoms in total. The first kappa shape index (κ1) is 12.4. The molecule has 6 heteroatoms. The van der Waals surface area contributed by atoms with Gasteiger partial charge in [0.15, 0.2) is 5.41 Å². The molecule has 0 spiro atoms. The van der Waals surface area contributed by atoms with Crippen molar-refractivity contribution >= 4 is 17.9 Å². The Morgan fingerprint density at radius 2 is 1.64 bits per heavy atom. The fourth-order valence-corrected chi connectivity index (χ4v) is 0.743. The van der Waals surface area contributed by atoms with Gasteiger partial charge in [-0.3, -0.25) is 14.4 Å². The fraction of sp³-hybridized carbons (Fsp3) is 0.625. The highest BCUT2D eigenvalue weighted by Gasteiger charge is 2.44. The van der Waals surface area contributed by atoms with E-state index >= 15 is 0 Å². The highest BCUT2D eigenvalue weighted by atomic mass is 16.5. The van der Waals surface area contributed by atoms with Crippen molar-refractivity contribution in [3.8, 4) is 0 Å². The molecule has 14 heavy (non-hydrogen) atoms. The lowest BCUT2D eigenvalue weighted by molar-refractivity contribution is -0.169. The van der Waals surface area contributed by atoms with Crippen LogP contribution in [0.25, 0.3) is 0 Å². The van der Waals surface area contributed by atoms with E-state index in [1.54, 1.807) is 6.92 Å². The number of carboxylic acids is 2. The minimum absolute atomic E-state index is 0.0914. The zero-order chi connectivity index (χ0) is 11.4. The predicted molar refractivity (Wildman–Crippen MR) is 44.6 cm³/mol. The summed E-state index contributed by atoms with van der Waals surface area (Å²) < 4.78 is 4.47. The summed E-state index contributed by atoms with van der Waals surface area (Å²) in [5.41, 5.74) is -2.12. The normalized spacial score (nSPS) is 10.7. The van der Waals surface area contributed by atoms with Crippen LogP contribution in [0.4, 0.5) is 0 Å². The molecule has 0 fully saturated rings. The van der Waals surface area contributed by atoms with Crippen molar-refractivity contribution < 1.29 is 29.3 Å². The van der Waals surface area contributed by atoms with E-state index in [1.807, 2.05) is 0 Å². The van der Waals surface area contributed by atoms with Gasteiger partial charge < -0.3 is 14.9 Å². The largest absolute Gasteiger partial charge is 0.480 e. The summed E-state index contributed by atoms with van der Waals surface area (Å²) in [4.78, 5) is 32.1. The standard InChI is InChI=1S/C8H12O6/c1-3-14-5(9)4-8(2,6(10)11)7(12)13/h3-4H2,1-2H3,(H,10,11)(H,12,13). The topological polar surface area (TPSA) is 101 Å². The maximum absolute atomic E-state index is 10.9. The fourth-order valence-electron chi connectivity index (χ4n) is 0.743. The number of aliphatic carboxylic acids is 2. The van der Waals surface area contributed by atoms with Gasteiger partial charge in [0, 0.05) is 0 Å². The van der Waals surface area contributed by atoms with E-state index in [0.717, 1.165) is 6.92 Å². The second-order valence-corrected chi connectivity index (χ2v) is 2.92. The van der Waals surface area contributed by atoms with Crippen LogP contribution < -0.4 is 0 Å². The van der Waals surface area contributed by atoms with Crippen molar-refractivity contribution in [1.29, 1.82) is 0 Å². The van der Waals surface area contributed by atoms with Gasteiger partial charge in [0.2, 0.25) is 0 Å². The molecule has 80 valence electrons. The summed E-state index contributed by atoms with van der Waals surface area (Å²) in [7, 11) is 0. The highest BCUT2D eigenvalue weighted by molar-refractivity contribution is 6.00. The number of carboxylic acid groups (broad SMARTS) is 2. The summed E-state index contributed by atoms with van der Waals surface area (Å²) in [6.45, 7) is 2.61. The number of rotatable bonds is 5. The number of ether oxygens (including phenoxy) is 1. The Morgan fingerprint density at radius 3 is 1.93 bits per heavy atom. The van der Waals surface area contributed by atoms with Crippen LogP contribution in [0.3, 0.4) is 0 Å². The summed E-state index contributed by atoms with van der Waals surface area (Å²) >= 11 is 0. The molecule has 0 saturated heterocycles. The van der Waals surface area contributed by atoms with Crippen LogP contribution in [-0.2, 0) is 19.1 Å². The van der Waals surface area contributed by atoms with Crippen LogP contribution in [0.1, 0.15) is 20.3 Å². The van der Waals surface area contributed by atoms with E-state index in [2.05, 4.69) is 4.74 Å². The van der Waals surface area contributed by atoms with Crippen molar-refractivity contribution in [2.75, 3.05) is 6.61 Å². The Bertz CT molecular complexity index is 243. The summed E-state index contributed by atoms with van der Waals surface area (Å²) in [5.74, 6) is -3.95. The smallest absolute Gasteiger partial charge is 0.321 e. The third-order valence-electron chi connectivity index (χ3n) is 1.75. The van der Waals surface area contributed by atoms with E-state index in [0.29, 0.717) is 0 Å². The molecule has 0 heterocycles. The summed E-state index contributed by atoms with van der Waals surface area (Å²) in [5, 5.41) is 17.3. The van der Waals surface area contributed by atoms with Crippen LogP contribution >= 0.6 is 0 Å². The zero-order valence-electron chi connectivity index (χ0n) is 7.94. The molecule has 2 N–H and O–H groups in total. The third-order valence-corrected chi connectivity index (χ3v) is 1.75. The zero-order valence-corrected chi connectivity index (χ0v) is 7.94. The Hall–Kier alpha value is -1.59. The monoisotopic (exact) mass is 204 g/mol. The molecule has 0 bridgehead atoms. The first-order valence-corrected chi connectivity index (χ1v) is 3.97. The number of hydrogen-bond donors (Lipinski definition) is 2. The van der Waals surface area contributed by atoms with E-state index in [-0.39, 0.29) is 6.61 Å². The Kier molecular flexibility index (Phi) is 4.07. The van der Waals surface area contributed by atoms with E-state index in [1.165, 1.54) is 0 Å². The van der Waals surface area contributed by atoms with Gasteiger partial charge in [-0.2, -0.15) is 0 Å². The second kappa shape index (κ2) is 4.59. The second-order valence-electron chi connectivity index (χ2n) is 2.92. The van der Waals surface area contributed by atoms with Crippen LogP contribution in [0.2, 0.25) is 0 Å². The van der Waals surface area contributed by atoms with Crippen LogP contribution in [-0.4, -0.2) is 34.7 Å². The molecular formula is C8H12O6. The van der Waals surface area contributed by atoms with E-state index in [4.69, 9.17) is 10.2 Å². The molecule has 0 radical (unpaired) electrons. The molecule has 0 unspecified atom stereocenters. The number of carbonyl (C=O) groups is 3. The lowest BCUT2D eigenvalue weighted by Crippen LogP contribution is -2.38. The number of esters is 1. The Balaban J connectivity index is 4.62. The SMILES string of the molecule is CCOC(=O)CC(C)(C(=O)O)C(=O)O. The molecule has 0 aromatic heterocycles. The van der Waals surface area contributed by atoms with Gasteiger partial charge in [-0.25, -0.2) is 0 Å². The highest BCUT2D eigenvalue weighted by Crippen LogP contribution is 2.22. The van der Waals surface area contributed by atoms with E-state index in [9.17, 15) is 14.4 Å².